The van der Waals surface area contributed by atoms with E-state index in [-0.39, 0.29) is 11.9 Å². The van der Waals surface area contributed by atoms with Crippen LogP contribution in [-0.4, -0.2) is 40.3 Å². The largest absolute Gasteiger partial charge is 0.486 e. The van der Waals surface area contributed by atoms with E-state index in [1.807, 2.05) is 42.5 Å². The summed E-state index contributed by atoms with van der Waals surface area (Å²) in [6.07, 6.45) is 5.79. The second kappa shape index (κ2) is 5.61. The number of aryl methyl sites for hydroxylation is 1. The summed E-state index contributed by atoms with van der Waals surface area (Å²) in [5.41, 5.74) is 1.67. The fourth-order valence-electron chi connectivity index (χ4n) is 3.37. The van der Waals surface area contributed by atoms with Crippen molar-refractivity contribution in [2.24, 2.45) is 7.05 Å². The number of amides is 1. The molecule has 2 aliphatic rings. The molecule has 2 aromatic rings. The molecule has 2 aliphatic heterocycles. The second-order valence-electron chi connectivity index (χ2n) is 5.93. The normalized spacial score (nSPS) is 19.9. The third kappa shape index (κ3) is 2.44. The van der Waals surface area contributed by atoms with Gasteiger partial charge in [0.25, 0.3) is 5.91 Å². The molecule has 0 spiro atoms. The van der Waals surface area contributed by atoms with Gasteiger partial charge < -0.3 is 14.4 Å². The molecule has 1 amide bonds. The van der Waals surface area contributed by atoms with Crippen molar-refractivity contribution in [1.82, 2.24) is 14.7 Å². The quantitative estimate of drug-likeness (QED) is 0.852. The zero-order valence-corrected chi connectivity index (χ0v) is 13.1. The van der Waals surface area contributed by atoms with Gasteiger partial charge in [0.05, 0.1) is 17.8 Å². The smallest absolute Gasteiger partial charge is 0.258 e. The van der Waals surface area contributed by atoms with Crippen molar-refractivity contribution in [3.8, 4) is 11.5 Å². The zero-order chi connectivity index (χ0) is 15.8. The zero-order valence-electron chi connectivity index (χ0n) is 13.1. The fraction of sp³-hybridized carbons (Fsp3) is 0.412. The Morgan fingerprint density at radius 3 is 3.00 bits per heavy atom. The Labute approximate surface area is 134 Å². The molecule has 4 rings (SSSR count). The standard InChI is InChI=1S/C17H19N3O3/c1-19-11-12(10-18-19)14-5-3-7-20(14)17(21)13-4-2-6-15-16(13)23-9-8-22-15/h2,4,6,10-11,14H,3,5,7-9H2,1H3/t14-/m0/s1. The molecule has 0 saturated carbocycles. The fourth-order valence-corrected chi connectivity index (χ4v) is 3.37. The number of nitrogens with zero attached hydrogens (tertiary/aromatic N) is 3. The third-order valence-electron chi connectivity index (χ3n) is 4.42. The number of carbonyl (C=O) groups is 1. The van der Waals surface area contributed by atoms with Crippen LogP contribution in [-0.2, 0) is 7.05 Å². The van der Waals surface area contributed by atoms with Crippen LogP contribution in [0.15, 0.2) is 30.6 Å². The minimum Gasteiger partial charge on any atom is -0.486 e. The van der Waals surface area contributed by atoms with Gasteiger partial charge in [0.15, 0.2) is 11.5 Å². The lowest BCUT2D eigenvalue weighted by Gasteiger charge is -2.26. The molecular weight excluding hydrogens is 294 g/mol. The number of hydrogen-bond acceptors (Lipinski definition) is 4. The highest BCUT2D eigenvalue weighted by Gasteiger charge is 2.33. The molecule has 0 bridgehead atoms. The molecule has 23 heavy (non-hydrogen) atoms. The van der Waals surface area contributed by atoms with E-state index in [9.17, 15) is 4.79 Å². The first-order valence-corrected chi connectivity index (χ1v) is 7.92. The van der Waals surface area contributed by atoms with E-state index in [0.29, 0.717) is 30.3 Å². The van der Waals surface area contributed by atoms with Gasteiger partial charge in [0.1, 0.15) is 13.2 Å². The number of hydrogen-bond donors (Lipinski definition) is 0. The van der Waals surface area contributed by atoms with Gasteiger partial charge in [0, 0.05) is 25.4 Å². The van der Waals surface area contributed by atoms with E-state index in [4.69, 9.17) is 9.47 Å². The maximum Gasteiger partial charge on any atom is 0.258 e. The van der Waals surface area contributed by atoms with Gasteiger partial charge in [-0.3, -0.25) is 9.48 Å². The highest BCUT2D eigenvalue weighted by Crippen LogP contribution is 2.38. The summed E-state index contributed by atoms with van der Waals surface area (Å²) in [6.45, 7) is 1.75. The van der Waals surface area contributed by atoms with E-state index in [1.165, 1.54) is 0 Å². The summed E-state index contributed by atoms with van der Waals surface area (Å²) >= 11 is 0. The van der Waals surface area contributed by atoms with Crippen molar-refractivity contribution >= 4 is 5.91 Å². The molecule has 120 valence electrons. The van der Waals surface area contributed by atoms with Crippen LogP contribution < -0.4 is 9.47 Å². The molecule has 6 nitrogen and oxygen atoms in total. The SMILES string of the molecule is Cn1cc([C@@H]2CCCN2C(=O)c2cccc3c2OCCO3)cn1. The Morgan fingerprint density at radius 1 is 1.30 bits per heavy atom. The van der Waals surface area contributed by atoms with E-state index < -0.39 is 0 Å². The van der Waals surface area contributed by atoms with Crippen molar-refractivity contribution in [2.75, 3.05) is 19.8 Å². The topological polar surface area (TPSA) is 56.6 Å². The van der Waals surface area contributed by atoms with Gasteiger partial charge in [-0.25, -0.2) is 0 Å². The molecule has 1 atom stereocenters. The van der Waals surface area contributed by atoms with Gasteiger partial charge in [0.2, 0.25) is 0 Å². The van der Waals surface area contributed by atoms with Gasteiger partial charge in [-0.05, 0) is 25.0 Å². The average molecular weight is 313 g/mol. The maximum atomic E-state index is 13.1. The summed E-state index contributed by atoms with van der Waals surface area (Å²) < 4.78 is 13.0. The number of likely N-dealkylation sites (tertiary alicyclic amines) is 1. The summed E-state index contributed by atoms with van der Waals surface area (Å²) in [5, 5.41) is 4.23. The molecule has 0 unspecified atom stereocenters. The van der Waals surface area contributed by atoms with Crippen molar-refractivity contribution in [1.29, 1.82) is 0 Å². The summed E-state index contributed by atoms with van der Waals surface area (Å²) in [6, 6.07) is 5.58. The van der Waals surface area contributed by atoms with E-state index in [1.54, 1.807) is 4.68 Å². The minimum atomic E-state index is -0.00120. The number of aromatic nitrogens is 2. The van der Waals surface area contributed by atoms with E-state index in [0.717, 1.165) is 24.9 Å². The predicted octanol–water partition coefficient (Wildman–Crippen LogP) is 2.17. The van der Waals surface area contributed by atoms with Crippen LogP contribution in [0, 0.1) is 0 Å². The summed E-state index contributed by atoms with van der Waals surface area (Å²) in [5.74, 6) is 1.22. The molecule has 0 radical (unpaired) electrons. The predicted molar refractivity (Wildman–Crippen MR) is 83.7 cm³/mol. The minimum absolute atomic E-state index is 0.00120. The van der Waals surface area contributed by atoms with Crippen LogP contribution >= 0.6 is 0 Å². The molecule has 1 aromatic carbocycles. The van der Waals surface area contributed by atoms with Crippen LogP contribution in [0.3, 0.4) is 0 Å². The van der Waals surface area contributed by atoms with E-state index in [2.05, 4.69) is 5.10 Å². The lowest BCUT2D eigenvalue weighted by Crippen LogP contribution is -2.31. The maximum absolute atomic E-state index is 13.1. The number of benzene rings is 1. The van der Waals surface area contributed by atoms with E-state index >= 15 is 0 Å². The lowest BCUT2D eigenvalue weighted by molar-refractivity contribution is 0.0725. The average Bonchev–Trinajstić information content (AvgIpc) is 3.22. The highest BCUT2D eigenvalue weighted by molar-refractivity contribution is 5.98. The van der Waals surface area contributed by atoms with Crippen molar-refractivity contribution < 1.29 is 14.3 Å². The Morgan fingerprint density at radius 2 is 2.17 bits per heavy atom. The Kier molecular flexibility index (Phi) is 3.44. The highest BCUT2D eigenvalue weighted by atomic mass is 16.6. The number of ether oxygens (including phenoxy) is 2. The molecule has 0 N–H and O–H groups in total. The second-order valence-corrected chi connectivity index (χ2v) is 5.93. The number of rotatable bonds is 2. The van der Waals surface area contributed by atoms with Crippen LogP contribution in [0.2, 0.25) is 0 Å². The number of para-hydroxylation sites is 1. The van der Waals surface area contributed by atoms with Crippen molar-refractivity contribution in [3.05, 3.63) is 41.7 Å². The monoisotopic (exact) mass is 313 g/mol. The first-order valence-electron chi connectivity index (χ1n) is 7.92. The first kappa shape index (κ1) is 14.1. The Balaban J connectivity index is 1.66. The third-order valence-corrected chi connectivity index (χ3v) is 4.42. The lowest BCUT2D eigenvalue weighted by atomic mass is 10.1. The summed E-state index contributed by atoms with van der Waals surface area (Å²) in [7, 11) is 1.89. The first-order chi connectivity index (χ1) is 11.2. The summed E-state index contributed by atoms with van der Waals surface area (Å²) in [4.78, 5) is 15.0. The number of fused-ring (bicyclic) bond motifs is 1. The molecule has 6 heteroatoms. The van der Waals surface area contributed by atoms with Crippen LogP contribution in [0.5, 0.6) is 11.5 Å². The van der Waals surface area contributed by atoms with Crippen LogP contribution in [0.25, 0.3) is 0 Å². The Hall–Kier alpha value is -2.50. The van der Waals surface area contributed by atoms with Gasteiger partial charge in [-0.2, -0.15) is 5.10 Å². The van der Waals surface area contributed by atoms with Crippen LogP contribution in [0.1, 0.15) is 34.8 Å². The molecule has 1 aromatic heterocycles. The molecular formula is C17H19N3O3. The molecule has 3 heterocycles. The molecule has 0 aliphatic carbocycles. The molecule has 1 fully saturated rings. The number of carbonyl (C=O) groups excluding carboxylic acids is 1. The van der Waals surface area contributed by atoms with Crippen molar-refractivity contribution in [3.63, 3.8) is 0 Å². The van der Waals surface area contributed by atoms with Gasteiger partial charge >= 0.3 is 0 Å². The van der Waals surface area contributed by atoms with Crippen molar-refractivity contribution in [2.45, 2.75) is 18.9 Å². The Bertz CT molecular complexity index is 740. The van der Waals surface area contributed by atoms with Gasteiger partial charge in [-0.1, -0.05) is 6.07 Å². The molecule has 1 saturated heterocycles. The van der Waals surface area contributed by atoms with Crippen LogP contribution in [0.4, 0.5) is 0 Å². The van der Waals surface area contributed by atoms with Gasteiger partial charge in [-0.15, -0.1) is 0 Å².